The fourth-order valence-corrected chi connectivity index (χ4v) is 4.34. The SMILES string of the molecule is Cn1ccc(CNC2CCOC3(CCSCC3)C2)n1. The number of nitrogens with one attached hydrogen (secondary N) is 1. The van der Waals surface area contributed by atoms with Gasteiger partial charge in [0.2, 0.25) is 0 Å². The molecule has 19 heavy (non-hydrogen) atoms. The van der Waals surface area contributed by atoms with Gasteiger partial charge in [-0.15, -0.1) is 0 Å². The van der Waals surface area contributed by atoms with Crippen molar-refractivity contribution in [2.75, 3.05) is 18.1 Å². The van der Waals surface area contributed by atoms with Gasteiger partial charge in [0.25, 0.3) is 0 Å². The van der Waals surface area contributed by atoms with Gasteiger partial charge in [-0.25, -0.2) is 0 Å². The van der Waals surface area contributed by atoms with Gasteiger partial charge in [0.1, 0.15) is 0 Å². The molecule has 1 unspecified atom stereocenters. The van der Waals surface area contributed by atoms with Crippen molar-refractivity contribution in [3.8, 4) is 0 Å². The van der Waals surface area contributed by atoms with Crippen LogP contribution in [0.3, 0.4) is 0 Å². The summed E-state index contributed by atoms with van der Waals surface area (Å²) in [4.78, 5) is 0. The molecule has 3 rings (SSSR count). The van der Waals surface area contributed by atoms with Crippen LogP contribution in [0, 0.1) is 0 Å². The molecule has 1 N–H and O–H groups in total. The summed E-state index contributed by atoms with van der Waals surface area (Å²) >= 11 is 2.06. The van der Waals surface area contributed by atoms with Crippen molar-refractivity contribution in [1.29, 1.82) is 0 Å². The van der Waals surface area contributed by atoms with Crippen LogP contribution in [0.15, 0.2) is 12.3 Å². The van der Waals surface area contributed by atoms with Crippen LogP contribution in [0.5, 0.6) is 0 Å². The maximum Gasteiger partial charge on any atom is 0.0762 e. The van der Waals surface area contributed by atoms with Crippen molar-refractivity contribution in [2.24, 2.45) is 7.05 Å². The third-order valence-corrected chi connectivity index (χ3v) is 5.22. The number of hydrogen-bond donors (Lipinski definition) is 1. The molecule has 3 heterocycles. The van der Waals surface area contributed by atoms with Crippen LogP contribution in [-0.2, 0) is 18.3 Å². The van der Waals surface area contributed by atoms with E-state index >= 15 is 0 Å². The van der Waals surface area contributed by atoms with E-state index in [4.69, 9.17) is 4.74 Å². The molecule has 0 radical (unpaired) electrons. The van der Waals surface area contributed by atoms with Crippen molar-refractivity contribution in [3.05, 3.63) is 18.0 Å². The first-order chi connectivity index (χ1) is 9.26. The number of ether oxygens (including phenoxy) is 1. The number of hydrogen-bond acceptors (Lipinski definition) is 4. The van der Waals surface area contributed by atoms with E-state index in [2.05, 4.69) is 28.2 Å². The number of rotatable bonds is 3. The molecule has 2 saturated heterocycles. The Bertz CT molecular complexity index is 409. The Morgan fingerprint density at radius 3 is 3.11 bits per heavy atom. The highest BCUT2D eigenvalue weighted by Gasteiger charge is 2.38. The molecule has 0 bridgehead atoms. The standard InChI is InChI=1S/C14H23N3OS/c1-17-6-2-13(16-17)11-15-12-3-7-18-14(10-12)4-8-19-9-5-14/h2,6,12,15H,3-5,7-11H2,1H3. The highest BCUT2D eigenvalue weighted by Crippen LogP contribution is 2.37. The van der Waals surface area contributed by atoms with E-state index in [0.29, 0.717) is 6.04 Å². The number of aromatic nitrogens is 2. The summed E-state index contributed by atoms with van der Waals surface area (Å²) in [5, 5.41) is 8.08. The minimum absolute atomic E-state index is 0.172. The lowest BCUT2D eigenvalue weighted by Gasteiger charge is -2.43. The second-order valence-corrected chi connectivity index (χ2v) is 6.92. The molecule has 1 atom stereocenters. The van der Waals surface area contributed by atoms with E-state index in [1.807, 2.05) is 17.9 Å². The molecule has 2 aliphatic heterocycles. The molecule has 1 aromatic rings. The monoisotopic (exact) mass is 281 g/mol. The summed E-state index contributed by atoms with van der Waals surface area (Å²) in [6.07, 6.45) is 6.74. The quantitative estimate of drug-likeness (QED) is 0.919. The first-order valence-electron chi connectivity index (χ1n) is 7.19. The molecule has 0 aromatic carbocycles. The van der Waals surface area contributed by atoms with Gasteiger partial charge in [-0.05, 0) is 43.3 Å². The predicted molar refractivity (Wildman–Crippen MR) is 78.3 cm³/mol. The molecule has 5 heteroatoms. The lowest BCUT2D eigenvalue weighted by atomic mass is 9.85. The molecule has 0 amide bonds. The maximum atomic E-state index is 6.12. The summed E-state index contributed by atoms with van der Waals surface area (Å²) in [6.45, 7) is 1.78. The van der Waals surface area contributed by atoms with Crippen LogP contribution in [0.1, 0.15) is 31.4 Å². The van der Waals surface area contributed by atoms with Crippen molar-refractivity contribution >= 4 is 11.8 Å². The molecule has 2 aliphatic rings. The molecule has 1 spiro atoms. The first-order valence-corrected chi connectivity index (χ1v) is 8.35. The average Bonchev–Trinajstić information content (AvgIpc) is 2.83. The number of thioether (sulfide) groups is 1. The minimum Gasteiger partial charge on any atom is -0.375 e. The normalized spacial score (nSPS) is 26.7. The van der Waals surface area contributed by atoms with E-state index in [0.717, 1.165) is 25.3 Å². The Kier molecular flexibility index (Phi) is 4.15. The van der Waals surface area contributed by atoms with Crippen molar-refractivity contribution in [2.45, 2.75) is 43.9 Å². The predicted octanol–water partition coefficient (Wildman–Crippen LogP) is 1.95. The Hall–Kier alpha value is -0.520. The van der Waals surface area contributed by atoms with E-state index in [9.17, 15) is 0 Å². The van der Waals surface area contributed by atoms with Crippen LogP contribution in [0.25, 0.3) is 0 Å². The van der Waals surface area contributed by atoms with Crippen molar-refractivity contribution < 1.29 is 4.74 Å². The van der Waals surface area contributed by atoms with E-state index in [-0.39, 0.29) is 5.60 Å². The van der Waals surface area contributed by atoms with Gasteiger partial charge < -0.3 is 10.1 Å². The smallest absolute Gasteiger partial charge is 0.0762 e. The summed E-state index contributed by atoms with van der Waals surface area (Å²) in [7, 11) is 1.96. The first kappa shape index (κ1) is 13.5. The minimum atomic E-state index is 0.172. The van der Waals surface area contributed by atoms with Gasteiger partial charge in [0.15, 0.2) is 0 Å². The molecule has 2 fully saturated rings. The zero-order chi connectivity index (χ0) is 13.1. The van der Waals surface area contributed by atoms with Crippen LogP contribution in [-0.4, -0.2) is 39.5 Å². The van der Waals surface area contributed by atoms with Gasteiger partial charge in [-0.1, -0.05) is 0 Å². The highest BCUT2D eigenvalue weighted by atomic mass is 32.2. The number of nitrogens with zero attached hydrogens (tertiary/aromatic N) is 2. The summed E-state index contributed by atoms with van der Waals surface area (Å²) < 4.78 is 7.98. The van der Waals surface area contributed by atoms with Crippen molar-refractivity contribution in [3.63, 3.8) is 0 Å². The van der Waals surface area contributed by atoms with Crippen molar-refractivity contribution in [1.82, 2.24) is 15.1 Å². The van der Waals surface area contributed by atoms with E-state index in [1.165, 1.54) is 30.8 Å². The Balaban J connectivity index is 1.53. The molecule has 1 aromatic heterocycles. The molecule has 106 valence electrons. The molecule has 0 aliphatic carbocycles. The largest absolute Gasteiger partial charge is 0.375 e. The highest BCUT2D eigenvalue weighted by molar-refractivity contribution is 7.99. The average molecular weight is 281 g/mol. The van der Waals surface area contributed by atoms with Gasteiger partial charge in [-0.2, -0.15) is 16.9 Å². The molecule has 0 saturated carbocycles. The second kappa shape index (κ2) is 5.85. The van der Waals surface area contributed by atoms with Gasteiger partial charge >= 0.3 is 0 Å². The van der Waals surface area contributed by atoms with E-state index < -0.39 is 0 Å². The second-order valence-electron chi connectivity index (χ2n) is 5.70. The zero-order valence-corrected chi connectivity index (χ0v) is 12.4. The summed E-state index contributed by atoms with van der Waals surface area (Å²) in [5.41, 5.74) is 1.30. The fourth-order valence-electron chi connectivity index (χ4n) is 3.10. The summed E-state index contributed by atoms with van der Waals surface area (Å²) in [5.74, 6) is 2.51. The Labute approximate surface area is 119 Å². The maximum absolute atomic E-state index is 6.12. The van der Waals surface area contributed by atoms with Gasteiger partial charge in [0.05, 0.1) is 11.3 Å². The van der Waals surface area contributed by atoms with Crippen LogP contribution >= 0.6 is 11.8 Å². The van der Waals surface area contributed by atoms with Gasteiger partial charge in [-0.3, -0.25) is 4.68 Å². The zero-order valence-electron chi connectivity index (χ0n) is 11.6. The lowest BCUT2D eigenvalue weighted by Crippen LogP contribution is -2.48. The Morgan fingerprint density at radius 1 is 1.53 bits per heavy atom. The fraction of sp³-hybridized carbons (Fsp3) is 0.786. The number of aryl methyl sites for hydroxylation is 1. The summed E-state index contributed by atoms with van der Waals surface area (Å²) in [6, 6.07) is 2.66. The van der Waals surface area contributed by atoms with Crippen LogP contribution in [0.2, 0.25) is 0 Å². The third kappa shape index (κ3) is 3.33. The van der Waals surface area contributed by atoms with Crippen LogP contribution in [0.4, 0.5) is 0 Å². The Morgan fingerprint density at radius 2 is 2.37 bits per heavy atom. The topological polar surface area (TPSA) is 39.1 Å². The van der Waals surface area contributed by atoms with E-state index in [1.54, 1.807) is 0 Å². The molecular weight excluding hydrogens is 258 g/mol. The third-order valence-electron chi connectivity index (χ3n) is 4.24. The molecule has 4 nitrogen and oxygen atoms in total. The molecular formula is C14H23N3OS. The van der Waals surface area contributed by atoms with Gasteiger partial charge in [0, 0.05) is 32.4 Å². The van der Waals surface area contributed by atoms with Crippen LogP contribution < -0.4 is 5.32 Å². The lowest BCUT2D eigenvalue weighted by molar-refractivity contribution is -0.0933.